The van der Waals surface area contributed by atoms with Crippen LogP contribution < -0.4 is 20.1 Å². The van der Waals surface area contributed by atoms with E-state index < -0.39 is 0 Å². The van der Waals surface area contributed by atoms with Gasteiger partial charge in [-0.25, -0.2) is 0 Å². The zero-order valence-electron chi connectivity index (χ0n) is 15.1. The summed E-state index contributed by atoms with van der Waals surface area (Å²) >= 11 is 0. The molecule has 2 rings (SSSR count). The van der Waals surface area contributed by atoms with Gasteiger partial charge < -0.3 is 20.1 Å². The van der Waals surface area contributed by atoms with E-state index in [2.05, 4.69) is 10.6 Å². The number of para-hydroxylation sites is 1. The molecule has 0 spiro atoms. The van der Waals surface area contributed by atoms with E-state index in [0.717, 1.165) is 23.4 Å². The van der Waals surface area contributed by atoms with E-state index in [1.54, 1.807) is 31.4 Å². The second-order valence-electron chi connectivity index (χ2n) is 5.61. The van der Waals surface area contributed by atoms with Gasteiger partial charge in [-0.15, -0.1) is 0 Å². The molecule has 2 amide bonds. The van der Waals surface area contributed by atoms with Gasteiger partial charge in [0.1, 0.15) is 24.5 Å². The lowest BCUT2D eigenvalue weighted by Crippen LogP contribution is -2.31. The molecule has 0 aliphatic heterocycles. The zero-order chi connectivity index (χ0) is 18.8. The van der Waals surface area contributed by atoms with E-state index in [9.17, 15) is 9.59 Å². The number of methoxy groups -OCH3 is 1. The van der Waals surface area contributed by atoms with Crippen LogP contribution in [0.2, 0.25) is 0 Å². The Hall–Kier alpha value is -3.02. The third kappa shape index (κ3) is 6.12. The van der Waals surface area contributed by atoms with E-state index in [-0.39, 0.29) is 18.2 Å². The molecule has 0 fully saturated rings. The van der Waals surface area contributed by atoms with E-state index in [4.69, 9.17) is 9.47 Å². The highest BCUT2D eigenvalue weighted by Gasteiger charge is 2.10. The number of anilines is 1. The lowest BCUT2D eigenvalue weighted by Gasteiger charge is -2.10. The van der Waals surface area contributed by atoms with Gasteiger partial charge in [-0.05, 0) is 42.3 Å². The maximum absolute atomic E-state index is 12.0. The Labute approximate surface area is 153 Å². The first-order valence-corrected chi connectivity index (χ1v) is 8.53. The number of rotatable bonds is 9. The van der Waals surface area contributed by atoms with Crippen LogP contribution in [0.4, 0.5) is 5.69 Å². The van der Waals surface area contributed by atoms with Crippen LogP contribution in [0.25, 0.3) is 0 Å². The fourth-order valence-corrected chi connectivity index (χ4v) is 2.38. The summed E-state index contributed by atoms with van der Waals surface area (Å²) in [5, 5.41) is 5.45. The second kappa shape index (κ2) is 10.1. The molecule has 6 heteroatoms. The lowest BCUT2D eigenvalue weighted by molar-refractivity contribution is -0.126. The molecule has 138 valence electrons. The van der Waals surface area contributed by atoms with E-state index in [1.807, 2.05) is 31.2 Å². The Balaban J connectivity index is 1.68. The summed E-state index contributed by atoms with van der Waals surface area (Å²) in [4.78, 5) is 23.8. The number of benzene rings is 2. The van der Waals surface area contributed by atoms with Gasteiger partial charge in [0, 0.05) is 5.69 Å². The van der Waals surface area contributed by atoms with Crippen molar-refractivity contribution in [2.24, 2.45) is 0 Å². The van der Waals surface area contributed by atoms with E-state index >= 15 is 0 Å². The number of aryl methyl sites for hydroxylation is 1. The van der Waals surface area contributed by atoms with E-state index in [1.165, 1.54) is 0 Å². The molecule has 0 aliphatic rings. The second-order valence-corrected chi connectivity index (χ2v) is 5.61. The summed E-state index contributed by atoms with van der Waals surface area (Å²) in [6.45, 7) is 2.66. The Bertz CT molecular complexity index is 729. The van der Waals surface area contributed by atoms with Crippen LogP contribution in [-0.4, -0.2) is 32.1 Å². The first-order valence-electron chi connectivity index (χ1n) is 8.53. The van der Waals surface area contributed by atoms with Gasteiger partial charge >= 0.3 is 0 Å². The number of carbonyl (C=O) groups is 2. The largest absolute Gasteiger partial charge is 0.497 e. The van der Waals surface area contributed by atoms with Gasteiger partial charge in [0.2, 0.25) is 11.8 Å². The molecule has 0 aliphatic carbocycles. The SMILES string of the molecule is CCc1ccccc1NC(=O)CC(=O)NCCOc1ccc(OC)cc1. The monoisotopic (exact) mass is 356 g/mol. The van der Waals surface area contributed by atoms with Crippen molar-refractivity contribution in [3.05, 3.63) is 54.1 Å². The minimum Gasteiger partial charge on any atom is -0.497 e. The number of hydrogen-bond acceptors (Lipinski definition) is 4. The number of amides is 2. The number of ether oxygens (including phenoxy) is 2. The topological polar surface area (TPSA) is 76.7 Å². The lowest BCUT2D eigenvalue weighted by atomic mass is 10.1. The highest BCUT2D eigenvalue weighted by atomic mass is 16.5. The first kappa shape index (κ1) is 19.3. The normalized spacial score (nSPS) is 10.1. The van der Waals surface area contributed by atoms with Crippen molar-refractivity contribution in [3.63, 3.8) is 0 Å². The molecule has 0 atom stereocenters. The van der Waals surface area contributed by atoms with Crippen LogP contribution >= 0.6 is 0 Å². The summed E-state index contributed by atoms with van der Waals surface area (Å²) < 4.78 is 10.6. The summed E-state index contributed by atoms with van der Waals surface area (Å²) in [6.07, 6.45) is 0.589. The predicted octanol–water partition coefficient (Wildman–Crippen LogP) is 2.78. The van der Waals surface area contributed by atoms with Gasteiger partial charge in [0.05, 0.1) is 13.7 Å². The maximum atomic E-state index is 12.0. The summed E-state index contributed by atoms with van der Waals surface area (Å²) in [5.41, 5.74) is 1.78. The van der Waals surface area contributed by atoms with Gasteiger partial charge in [-0.1, -0.05) is 25.1 Å². The van der Waals surface area contributed by atoms with Gasteiger partial charge in [0.15, 0.2) is 0 Å². The van der Waals surface area contributed by atoms with Crippen LogP contribution in [0.1, 0.15) is 18.9 Å². The fourth-order valence-electron chi connectivity index (χ4n) is 2.38. The molecule has 2 N–H and O–H groups in total. The summed E-state index contributed by atoms with van der Waals surface area (Å²) in [5.74, 6) is 0.768. The molecule has 2 aromatic rings. The summed E-state index contributed by atoms with van der Waals surface area (Å²) in [7, 11) is 1.60. The van der Waals surface area contributed by atoms with E-state index in [0.29, 0.717) is 18.9 Å². The molecule has 0 heterocycles. The fraction of sp³-hybridized carbons (Fsp3) is 0.300. The van der Waals surface area contributed by atoms with Crippen molar-refractivity contribution in [2.75, 3.05) is 25.6 Å². The van der Waals surface area contributed by atoms with Crippen molar-refractivity contribution in [2.45, 2.75) is 19.8 Å². The molecule has 6 nitrogen and oxygen atoms in total. The third-order valence-electron chi connectivity index (χ3n) is 3.75. The Kier molecular flexibility index (Phi) is 7.49. The average Bonchev–Trinajstić information content (AvgIpc) is 2.66. The standard InChI is InChI=1S/C20H24N2O4/c1-3-15-6-4-5-7-18(15)22-20(24)14-19(23)21-12-13-26-17-10-8-16(25-2)9-11-17/h4-11H,3,12-14H2,1-2H3,(H,21,23)(H,22,24). The van der Waals surface area contributed by atoms with Crippen LogP contribution in [0.3, 0.4) is 0 Å². The summed E-state index contributed by atoms with van der Waals surface area (Å²) in [6, 6.07) is 14.7. The molecular weight excluding hydrogens is 332 g/mol. The minimum absolute atomic E-state index is 0.222. The molecule has 2 aromatic carbocycles. The van der Waals surface area contributed by atoms with Gasteiger partial charge in [-0.2, -0.15) is 0 Å². The van der Waals surface area contributed by atoms with Crippen molar-refractivity contribution < 1.29 is 19.1 Å². The third-order valence-corrected chi connectivity index (χ3v) is 3.75. The zero-order valence-corrected chi connectivity index (χ0v) is 15.1. The Morgan fingerprint density at radius 2 is 1.65 bits per heavy atom. The van der Waals surface area contributed by atoms with Crippen molar-refractivity contribution in [1.29, 1.82) is 0 Å². The van der Waals surface area contributed by atoms with Crippen molar-refractivity contribution in [3.8, 4) is 11.5 Å². The molecule has 0 saturated heterocycles. The van der Waals surface area contributed by atoms with Crippen LogP contribution in [0, 0.1) is 0 Å². The highest BCUT2D eigenvalue weighted by Crippen LogP contribution is 2.17. The molecule has 0 unspecified atom stereocenters. The number of nitrogens with one attached hydrogen (secondary N) is 2. The smallest absolute Gasteiger partial charge is 0.233 e. The first-order chi connectivity index (χ1) is 12.6. The minimum atomic E-state index is -0.338. The van der Waals surface area contributed by atoms with Crippen LogP contribution in [0.5, 0.6) is 11.5 Å². The number of carbonyl (C=O) groups excluding carboxylic acids is 2. The molecule has 0 bridgehead atoms. The molecule has 0 radical (unpaired) electrons. The Morgan fingerprint density at radius 3 is 2.35 bits per heavy atom. The molecular formula is C20H24N2O4. The number of hydrogen-bond donors (Lipinski definition) is 2. The van der Waals surface area contributed by atoms with Gasteiger partial charge in [-0.3, -0.25) is 9.59 Å². The van der Waals surface area contributed by atoms with Crippen molar-refractivity contribution in [1.82, 2.24) is 5.32 Å². The predicted molar refractivity (Wildman–Crippen MR) is 101 cm³/mol. The molecule has 0 saturated carbocycles. The quantitative estimate of drug-likeness (QED) is 0.535. The average molecular weight is 356 g/mol. The molecule has 26 heavy (non-hydrogen) atoms. The maximum Gasteiger partial charge on any atom is 0.233 e. The van der Waals surface area contributed by atoms with Crippen molar-refractivity contribution >= 4 is 17.5 Å². The highest BCUT2D eigenvalue weighted by molar-refractivity contribution is 6.03. The van der Waals surface area contributed by atoms with Crippen LogP contribution in [-0.2, 0) is 16.0 Å². The molecule has 0 aromatic heterocycles. The Morgan fingerprint density at radius 1 is 0.962 bits per heavy atom. The van der Waals surface area contributed by atoms with Crippen LogP contribution in [0.15, 0.2) is 48.5 Å². The van der Waals surface area contributed by atoms with Gasteiger partial charge in [0.25, 0.3) is 0 Å².